The van der Waals surface area contributed by atoms with E-state index in [1.165, 1.54) is 6.07 Å². The van der Waals surface area contributed by atoms with Crippen LogP contribution in [-0.2, 0) is 17.4 Å². The van der Waals surface area contributed by atoms with Crippen LogP contribution in [0.2, 0.25) is 0 Å². The highest BCUT2D eigenvalue weighted by Gasteiger charge is 2.38. The van der Waals surface area contributed by atoms with Gasteiger partial charge < -0.3 is 16.0 Å². The number of guanidine groups is 1. The number of alkyl halides is 3. The molecule has 1 atom stereocenters. The number of rotatable bonds is 3. The Balaban J connectivity index is 1.49. The number of amides is 2. The molecule has 2 aliphatic heterocycles. The van der Waals surface area contributed by atoms with Gasteiger partial charge in [0.2, 0.25) is 5.91 Å². The molecule has 7 nitrogen and oxygen atoms in total. The van der Waals surface area contributed by atoms with Crippen LogP contribution in [0.25, 0.3) is 0 Å². The van der Waals surface area contributed by atoms with Crippen LogP contribution in [0, 0.1) is 12.3 Å². The fourth-order valence-electron chi connectivity index (χ4n) is 4.83. The maximum Gasteiger partial charge on any atom is 0.416 e. The molecule has 4 rings (SSSR count). The summed E-state index contributed by atoms with van der Waals surface area (Å²) < 4.78 is 41.7. The summed E-state index contributed by atoms with van der Waals surface area (Å²) in [6.45, 7) is 2.28. The number of fused-ring (bicyclic) bond motifs is 1. The Labute approximate surface area is 195 Å². The second-order valence-corrected chi connectivity index (χ2v) is 8.78. The van der Waals surface area contributed by atoms with E-state index in [2.05, 4.69) is 5.32 Å². The van der Waals surface area contributed by atoms with Crippen LogP contribution in [-0.4, -0.2) is 41.8 Å². The van der Waals surface area contributed by atoms with Gasteiger partial charge in [0.15, 0.2) is 5.96 Å². The van der Waals surface area contributed by atoms with E-state index in [9.17, 15) is 22.8 Å². The van der Waals surface area contributed by atoms with Crippen molar-refractivity contribution in [1.82, 2.24) is 10.2 Å². The number of nitrogens with zero attached hydrogens (tertiary/aromatic N) is 1. The molecule has 180 valence electrons. The summed E-state index contributed by atoms with van der Waals surface area (Å²) in [5.41, 5.74) is 6.62. The molecule has 2 aromatic rings. The van der Waals surface area contributed by atoms with Gasteiger partial charge in [-0.2, -0.15) is 13.2 Å². The second-order valence-electron chi connectivity index (χ2n) is 8.78. The lowest BCUT2D eigenvalue weighted by Gasteiger charge is -2.35. The van der Waals surface area contributed by atoms with Gasteiger partial charge in [-0.1, -0.05) is 24.3 Å². The van der Waals surface area contributed by atoms with Crippen molar-refractivity contribution in [2.24, 2.45) is 5.73 Å². The number of carbonyl (C=O) groups excluding carboxylic acids is 2. The average molecular weight is 473 g/mol. The lowest BCUT2D eigenvalue weighted by molar-refractivity contribution is -0.139. The zero-order chi connectivity index (χ0) is 24.6. The molecule has 2 aromatic carbocycles. The van der Waals surface area contributed by atoms with Gasteiger partial charge in [0, 0.05) is 30.8 Å². The topological polar surface area (TPSA) is 111 Å². The fraction of sp³-hybridized carbons (Fsp3) is 0.375. The summed E-state index contributed by atoms with van der Waals surface area (Å²) in [6.07, 6.45) is -3.27. The first kappa shape index (κ1) is 23.6. The lowest BCUT2D eigenvalue weighted by Crippen LogP contribution is -2.45. The van der Waals surface area contributed by atoms with Crippen LogP contribution in [0.5, 0.6) is 0 Å². The van der Waals surface area contributed by atoms with E-state index < -0.39 is 29.5 Å². The van der Waals surface area contributed by atoms with Crippen molar-refractivity contribution in [2.75, 3.05) is 18.4 Å². The molecule has 1 unspecified atom stereocenters. The zero-order valence-corrected chi connectivity index (χ0v) is 18.6. The number of hydrogen-bond donors (Lipinski definition) is 4. The molecule has 1 fully saturated rings. The van der Waals surface area contributed by atoms with Crippen molar-refractivity contribution in [3.63, 3.8) is 0 Å². The van der Waals surface area contributed by atoms with Gasteiger partial charge in [0.1, 0.15) is 6.04 Å². The molecule has 0 radical (unpaired) electrons. The smallest absolute Gasteiger partial charge is 0.373 e. The number of para-hydroxylation sites is 1. The Morgan fingerprint density at radius 2 is 1.85 bits per heavy atom. The zero-order valence-electron chi connectivity index (χ0n) is 18.6. The number of aryl methyl sites for hydroxylation is 1. The monoisotopic (exact) mass is 473 g/mol. The minimum Gasteiger partial charge on any atom is -0.373 e. The number of nitrogens with two attached hydrogens (primary N) is 1. The molecule has 2 amide bonds. The summed E-state index contributed by atoms with van der Waals surface area (Å²) in [6, 6.07) is 9.60. The molecule has 10 heteroatoms. The van der Waals surface area contributed by atoms with Crippen LogP contribution in [0.1, 0.15) is 51.4 Å². The summed E-state index contributed by atoms with van der Waals surface area (Å²) >= 11 is 0. The number of likely N-dealkylation sites (tertiary alicyclic amines) is 1. The van der Waals surface area contributed by atoms with E-state index in [0.29, 0.717) is 37.9 Å². The Morgan fingerprint density at radius 1 is 1.18 bits per heavy atom. The minimum absolute atomic E-state index is 0.0434. The summed E-state index contributed by atoms with van der Waals surface area (Å²) in [5.74, 6) is -1.93. The summed E-state index contributed by atoms with van der Waals surface area (Å²) in [4.78, 5) is 26.9. The number of anilines is 1. The van der Waals surface area contributed by atoms with Gasteiger partial charge in [-0.05, 0) is 54.5 Å². The molecule has 2 heterocycles. The highest BCUT2D eigenvalue weighted by Crippen LogP contribution is 2.40. The first-order valence-electron chi connectivity index (χ1n) is 11.0. The quantitative estimate of drug-likeness (QED) is 0.405. The second kappa shape index (κ2) is 9.00. The van der Waals surface area contributed by atoms with Gasteiger partial charge in [-0.25, -0.2) is 0 Å². The highest BCUT2D eigenvalue weighted by molar-refractivity contribution is 6.05. The third-order valence-corrected chi connectivity index (χ3v) is 6.51. The number of nitrogens with one attached hydrogen (secondary N) is 3. The molecule has 0 aliphatic carbocycles. The van der Waals surface area contributed by atoms with E-state index in [4.69, 9.17) is 11.1 Å². The van der Waals surface area contributed by atoms with Crippen molar-refractivity contribution < 1.29 is 22.8 Å². The Morgan fingerprint density at radius 3 is 2.47 bits per heavy atom. The molecule has 0 bridgehead atoms. The summed E-state index contributed by atoms with van der Waals surface area (Å²) in [5, 5.41) is 12.4. The predicted octanol–water partition coefficient (Wildman–Crippen LogP) is 3.38. The van der Waals surface area contributed by atoms with Gasteiger partial charge >= 0.3 is 6.18 Å². The Bertz CT molecular complexity index is 1110. The third kappa shape index (κ3) is 4.71. The highest BCUT2D eigenvalue weighted by atomic mass is 19.4. The number of benzene rings is 2. The SMILES string of the molecule is Cc1cc(C2CCN(C(=O)C3Cc4ccccc4N3)CC2)c(C(F)(F)F)cc1C(=O)NC(=N)N. The van der Waals surface area contributed by atoms with Gasteiger partial charge in [0.25, 0.3) is 5.91 Å². The number of carbonyl (C=O) groups is 2. The molecule has 34 heavy (non-hydrogen) atoms. The molecule has 2 aliphatic rings. The van der Waals surface area contributed by atoms with E-state index >= 15 is 0 Å². The Hall–Kier alpha value is -3.56. The van der Waals surface area contributed by atoms with Gasteiger partial charge in [0.05, 0.1) is 5.56 Å². The van der Waals surface area contributed by atoms with Gasteiger partial charge in [-0.3, -0.25) is 20.3 Å². The van der Waals surface area contributed by atoms with Crippen LogP contribution >= 0.6 is 0 Å². The van der Waals surface area contributed by atoms with Crippen molar-refractivity contribution in [3.05, 3.63) is 64.2 Å². The van der Waals surface area contributed by atoms with Crippen molar-refractivity contribution >= 4 is 23.5 Å². The first-order chi connectivity index (χ1) is 16.0. The van der Waals surface area contributed by atoms with E-state index in [1.807, 2.05) is 29.6 Å². The molecule has 0 saturated carbocycles. The molecule has 0 spiro atoms. The third-order valence-electron chi connectivity index (χ3n) is 6.51. The maximum absolute atomic E-state index is 13.9. The van der Waals surface area contributed by atoms with Crippen LogP contribution in [0.4, 0.5) is 18.9 Å². The standard InChI is InChI=1S/C24H26F3N5O2/c1-13-10-17(18(24(25,26)27)12-16(13)21(33)31-23(28)29)14-6-8-32(9-7-14)22(34)20-11-15-4-2-3-5-19(15)30-20/h2-5,10,12,14,20,30H,6-9,11H2,1H3,(H4,28,29,31,33). The van der Waals surface area contributed by atoms with E-state index in [-0.39, 0.29) is 23.1 Å². The summed E-state index contributed by atoms with van der Waals surface area (Å²) in [7, 11) is 0. The molecular formula is C24H26F3N5O2. The van der Waals surface area contributed by atoms with Crippen molar-refractivity contribution in [2.45, 2.75) is 44.3 Å². The van der Waals surface area contributed by atoms with Crippen molar-refractivity contribution in [3.8, 4) is 0 Å². The minimum atomic E-state index is -4.65. The maximum atomic E-state index is 13.9. The van der Waals surface area contributed by atoms with Crippen LogP contribution < -0.4 is 16.4 Å². The lowest BCUT2D eigenvalue weighted by atomic mass is 9.84. The van der Waals surface area contributed by atoms with Crippen LogP contribution in [0.3, 0.4) is 0 Å². The predicted molar refractivity (Wildman–Crippen MR) is 122 cm³/mol. The van der Waals surface area contributed by atoms with Gasteiger partial charge in [-0.15, -0.1) is 0 Å². The molecular weight excluding hydrogens is 447 g/mol. The first-order valence-corrected chi connectivity index (χ1v) is 11.0. The molecule has 5 N–H and O–H groups in total. The van der Waals surface area contributed by atoms with E-state index in [1.54, 1.807) is 11.8 Å². The number of halogens is 3. The van der Waals surface area contributed by atoms with Crippen molar-refractivity contribution in [1.29, 1.82) is 5.41 Å². The number of hydrogen-bond acceptors (Lipinski definition) is 4. The largest absolute Gasteiger partial charge is 0.416 e. The fourth-order valence-corrected chi connectivity index (χ4v) is 4.83. The molecule has 1 saturated heterocycles. The van der Waals surface area contributed by atoms with E-state index in [0.717, 1.165) is 17.3 Å². The normalized spacial score (nSPS) is 18.2. The molecule has 0 aromatic heterocycles. The Kier molecular flexibility index (Phi) is 6.24. The van der Waals surface area contributed by atoms with Crippen LogP contribution in [0.15, 0.2) is 36.4 Å². The number of piperidine rings is 1. The average Bonchev–Trinajstić information content (AvgIpc) is 3.21.